The predicted molar refractivity (Wildman–Crippen MR) is 127 cm³/mol. The molecule has 0 aliphatic heterocycles. The fraction of sp³-hybridized carbons (Fsp3) is 0.320. The van der Waals surface area contributed by atoms with E-state index >= 15 is 0 Å². The van der Waals surface area contributed by atoms with E-state index in [1.807, 2.05) is 45.0 Å². The summed E-state index contributed by atoms with van der Waals surface area (Å²) in [4.78, 5) is 30.4. The third-order valence-corrected chi connectivity index (χ3v) is 5.51. The van der Waals surface area contributed by atoms with Crippen molar-refractivity contribution in [2.45, 2.75) is 46.8 Å². The first kappa shape index (κ1) is 24.1. The number of hydrogen-bond acceptors (Lipinski definition) is 6. The number of halogens is 1. The number of hydrogen-bond donors (Lipinski definition) is 2. The van der Waals surface area contributed by atoms with Gasteiger partial charge in [0, 0.05) is 5.39 Å². The summed E-state index contributed by atoms with van der Waals surface area (Å²) in [5.74, 6) is -0.419. The second-order valence-electron chi connectivity index (χ2n) is 9.38. The van der Waals surface area contributed by atoms with Crippen LogP contribution >= 0.6 is 0 Å². The van der Waals surface area contributed by atoms with Crippen LogP contribution in [0.3, 0.4) is 0 Å². The Bertz CT molecular complexity index is 1350. The molecule has 4 aromatic rings. The predicted octanol–water partition coefficient (Wildman–Crippen LogP) is 3.38. The third-order valence-electron chi connectivity index (χ3n) is 5.51. The minimum atomic E-state index is -0.847. The second kappa shape index (κ2) is 9.65. The number of carbonyl (C=O) groups is 2. The van der Waals surface area contributed by atoms with E-state index < -0.39 is 17.4 Å². The van der Waals surface area contributed by atoms with Crippen LogP contribution in [0, 0.1) is 18.2 Å². The van der Waals surface area contributed by atoms with Crippen LogP contribution in [-0.4, -0.2) is 37.8 Å². The lowest BCUT2D eigenvalue weighted by molar-refractivity contribution is -0.125. The normalized spacial score (nSPS) is 12.5. The summed E-state index contributed by atoms with van der Waals surface area (Å²) in [7, 11) is 0. The molecule has 2 heterocycles. The Hall–Kier alpha value is -4.08. The molecule has 0 unspecified atom stereocenters. The molecular weight excluding hydrogens is 451 g/mol. The van der Waals surface area contributed by atoms with Gasteiger partial charge in [0.05, 0.1) is 18.6 Å². The lowest BCUT2D eigenvalue weighted by Crippen LogP contribution is -2.53. The minimum absolute atomic E-state index is 0.0529. The number of carbonyl (C=O) groups excluding carboxylic acids is 2. The Kier molecular flexibility index (Phi) is 6.63. The fourth-order valence-electron chi connectivity index (χ4n) is 3.73. The van der Waals surface area contributed by atoms with Crippen molar-refractivity contribution in [1.29, 1.82) is 0 Å². The molecule has 2 N–H and O–H groups in total. The maximum Gasteiger partial charge on any atom is 0.273 e. The number of nitrogens with zero attached hydrogens (tertiary/aromatic N) is 4. The highest BCUT2D eigenvalue weighted by Crippen LogP contribution is 2.23. The van der Waals surface area contributed by atoms with E-state index in [1.165, 1.54) is 12.1 Å². The molecule has 0 bridgehead atoms. The van der Waals surface area contributed by atoms with Gasteiger partial charge >= 0.3 is 0 Å². The Morgan fingerprint density at radius 1 is 1.11 bits per heavy atom. The van der Waals surface area contributed by atoms with Crippen molar-refractivity contribution in [3.63, 3.8) is 0 Å². The molecule has 0 fully saturated rings. The Balaban J connectivity index is 1.56. The molecule has 0 aliphatic rings. The largest absolute Gasteiger partial charge is 0.345 e. The van der Waals surface area contributed by atoms with Gasteiger partial charge in [-0.15, -0.1) is 0 Å². The van der Waals surface area contributed by atoms with Gasteiger partial charge in [0.1, 0.15) is 11.9 Å². The van der Waals surface area contributed by atoms with Gasteiger partial charge in [0.25, 0.3) is 5.91 Å². The van der Waals surface area contributed by atoms with E-state index in [-0.39, 0.29) is 29.9 Å². The van der Waals surface area contributed by atoms with Gasteiger partial charge in [0.15, 0.2) is 11.5 Å². The number of rotatable bonds is 7. The standard InChI is InChI=1S/C25H27FN6O3/c1-15-28-20(35-31-15)13-27-24(34)22(25(2,3)4)29-23(33)21-18-7-5-6-8-19(18)32(30-21)14-16-9-11-17(26)12-10-16/h5-12,22H,13-14H2,1-4H3,(H,27,34)(H,29,33)/t22-/m1/s1. The Labute approximate surface area is 201 Å². The van der Waals surface area contributed by atoms with Crippen LogP contribution in [0.15, 0.2) is 53.1 Å². The molecule has 9 nitrogen and oxygen atoms in total. The van der Waals surface area contributed by atoms with Gasteiger partial charge < -0.3 is 15.2 Å². The molecule has 10 heteroatoms. The molecule has 182 valence electrons. The lowest BCUT2D eigenvalue weighted by Gasteiger charge is -2.30. The average molecular weight is 479 g/mol. The van der Waals surface area contributed by atoms with E-state index in [9.17, 15) is 14.0 Å². The number of benzene rings is 2. The van der Waals surface area contributed by atoms with Crippen molar-refractivity contribution < 1.29 is 18.5 Å². The van der Waals surface area contributed by atoms with Gasteiger partial charge in [0.2, 0.25) is 11.8 Å². The van der Waals surface area contributed by atoms with Crippen molar-refractivity contribution in [3.8, 4) is 0 Å². The number of aromatic nitrogens is 4. The molecule has 35 heavy (non-hydrogen) atoms. The van der Waals surface area contributed by atoms with Gasteiger partial charge in [-0.1, -0.05) is 56.3 Å². The smallest absolute Gasteiger partial charge is 0.273 e. The molecule has 4 rings (SSSR count). The zero-order chi connectivity index (χ0) is 25.2. The molecule has 2 amide bonds. The van der Waals surface area contributed by atoms with E-state index in [0.717, 1.165) is 11.1 Å². The van der Waals surface area contributed by atoms with Crippen LogP contribution in [0.5, 0.6) is 0 Å². The summed E-state index contributed by atoms with van der Waals surface area (Å²) < 4.78 is 20.0. The van der Waals surface area contributed by atoms with Crippen molar-refractivity contribution in [1.82, 2.24) is 30.6 Å². The van der Waals surface area contributed by atoms with E-state index in [0.29, 0.717) is 17.8 Å². The topological polar surface area (TPSA) is 115 Å². The molecule has 0 saturated heterocycles. The first-order valence-corrected chi connectivity index (χ1v) is 11.2. The molecule has 2 aromatic carbocycles. The Morgan fingerprint density at radius 3 is 2.49 bits per heavy atom. The quantitative estimate of drug-likeness (QED) is 0.421. The van der Waals surface area contributed by atoms with E-state index in [1.54, 1.807) is 23.7 Å². The van der Waals surface area contributed by atoms with Crippen LogP contribution in [-0.2, 0) is 17.9 Å². The average Bonchev–Trinajstić information content (AvgIpc) is 3.40. The Morgan fingerprint density at radius 2 is 1.83 bits per heavy atom. The van der Waals surface area contributed by atoms with Crippen molar-refractivity contribution in [3.05, 3.63) is 77.3 Å². The summed E-state index contributed by atoms with van der Waals surface area (Å²) >= 11 is 0. The summed E-state index contributed by atoms with van der Waals surface area (Å²) in [6.07, 6.45) is 0. The van der Waals surface area contributed by atoms with E-state index in [4.69, 9.17) is 4.52 Å². The second-order valence-corrected chi connectivity index (χ2v) is 9.38. The van der Waals surface area contributed by atoms with Crippen LogP contribution in [0.4, 0.5) is 4.39 Å². The lowest BCUT2D eigenvalue weighted by atomic mass is 9.86. The first-order valence-electron chi connectivity index (χ1n) is 11.2. The third kappa shape index (κ3) is 5.53. The van der Waals surface area contributed by atoms with Crippen molar-refractivity contribution in [2.24, 2.45) is 5.41 Å². The zero-order valence-electron chi connectivity index (χ0n) is 20.0. The molecule has 0 aliphatic carbocycles. The minimum Gasteiger partial charge on any atom is -0.345 e. The zero-order valence-corrected chi connectivity index (χ0v) is 20.0. The van der Waals surface area contributed by atoms with Crippen LogP contribution in [0.25, 0.3) is 10.9 Å². The molecule has 0 spiro atoms. The number of para-hydroxylation sites is 1. The molecule has 1 atom stereocenters. The van der Waals surface area contributed by atoms with Crippen LogP contribution < -0.4 is 10.6 Å². The highest BCUT2D eigenvalue weighted by atomic mass is 19.1. The van der Waals surface area contributed by atoms with Gasteiger partial charge in [-0.2, -0.15) is 10.1 Å². The fourth-order valence-corrected chi connectivity index (χ4v) is 3.73. The highest BCUT2D eigenvalue weighted by Gasteiger charge is 2.34. The van der Waals surface area contributed by atoms with Gasteiger partial charge in [-0.05, 0) is 36.1 Å². The number of aryl methyl sites for hydroxylation is 1. The highest BCUT2D eigenvalue weighted by molar-refractivity contribution is 6.06. The molecular formula is C25H27FN6O3. The summed E-state index contributed by atoms with van der Waals surface area (Å²) in [5, 5.41) is 14.5. The van der Waals surface area contributed by atoms with Gasteiger partial charge in [-0.3, -0.25) is 14.3 Å². The monoisotopic (exact) mass is 478 g/mol. The number of nitrogens with one attached hydrogen (secondary N) is 2. The molecule has 0 saturated carbocycles. The summed E-state index contributed by atoms with van der Waals surface area (Å²) in [5.41, 5.74) is 1.22. The summed E-state index contributed by atoms with van der Waals surface area (Å²) in [6.45, 7) is 7.68. The van der Waals surface area contributed by atoms with Gasteiger partial charge in [-0.25, -0.2) is 4.39 Å². The van der Waals surface area contributed by atoms with Crippen molar-refractivity contribution in [2.75, 3.05) is 0 Å². The SMILES string of the molecule is Cc1noc(CNC(=O)[C@@H](NC(=O)c2nn(Cc3ccc(F)cc3)c3ccccc23)C(C)(C)C)n1. The molecule has 2 aromatic heterocycles. The van der Waals surface area contributed by atoms with Crippen LogP contribution in [0.1, 0.15) is 48.5 Å². The first-order chi connectivity index (χ1) is 16.6. The summed E-state index contributed by atoms with van der Waals surface area (Å²) in [6, 6.07) is 12.6. The number of fused-ring (bicyclic) bond motifs is 1. The van der Waals surface area contributed by atoms with E-state index in [2.05, 4.69) is 25.9 Å². The maximum absolute atomic E-state index is 13.4. The number of amides is 2. The maximum atomic E-state index is 13.4. The molecule has 0 radical (unpaired) electrons. The van der Waals surface area contributed by atoms with Crippen LogP contribution in [0.2, 0.25) is 0 Å². The van der Waals surface area contributed by atoms with Crippen molar-refractivity contribution >= 4 is 22.7 Å².